The average Bonchev–Trinajstić information content (AvgIpc) is 2.62. The van der Waals surface area contributed by atoms with Gasteiger partial charge < -0.3 is 15.4 Å². The molecule has 140 valence electrons. The van der Waals surface area contributed by atoms with Crippen molar-refractivity contribution in [3.05, 3.63) is 59.4 Å². The van der Waals surface area contributed by atoms with Crippen LogP contribution in [-0.2, 0) is 13.0 Å². The molecule has 0 saturated carbocycles. The topological polar surface area (TPSA) is 58.5 Å². The van der Waals surface area contributed by atoms with Gasteiger partial charge >= 0.3 is 6.61 Å². The third-order valence-corrected chi connectivity index (χ3v) is 3.76. The van der Waals surface area contributed by atoms with Gasteiger partial charge in [0.25, 0.3) is 0 Å². The molecule has 0 amide bonds. The number of nitrogens with one attached hydrogen (secondary N) is 2. The van der Waals surface area contributed by atoms with Gasteiger partial charge in [-0.25, -0.2) is 4.99 Å². The third kappa shape index (κ3) is 6.31. The van der Waals surface area contributed by atoms with Crippen LogP contribution in [0.5, 0.6) is 5.75 Å². The molecule has 0 saturated heterocycles. The summed E-state index contributed by atoms with van der Waals surface area (Å²) in [7, 11) is 0. The first-order valence-corrected chi connectivity index (χ1v) is 8.54. The first-order valence-electron chi connectivity index (χ1n) is 8.54. The highest BCUT2D eigenvalue weighted by Crippen LogP contribution is 2.20. The maximum Gasteiger partial charge on any atom is 0.387 e. The van der Waals surface area contributed by atoms with Crippen LogP contribution in [0.1, 0.15) is 23.6 Å². The number of pyridine rings is 1. The van der Waals surface area contributed by atoms with E-state index in [1.807, 2.05) is 26.1 Å². The minimum absolute atomic E-state index is 0.148. The number of rotatable bonds is 8. The van der Waals surface area contributed by atoms with Crippen LogP contribution in [0.3, 0.4) is 0 Å². The summed E-state index contributed by atoms with van der Waals surface area (Å²) in [5.41, 5.74) is 2.98. The van der Waals surface area contributed by atoms with Crippen molar-refractivity contribution in [1.82, 2.24) is 15.6 Å². The highest BCUT2D eigenvalue weighted by molar-refractivity contribution is 5.79. The van der Waals surface area contributed by atoms with Crippen LogP contribution < -0.4 is 15.4 Å². The number of halogens is 2. The van der Waals surface area contributed by atoms with E-state index < -0.39 is 6.61 Å². The van der Waals surface area contributed by atoms with E-state index in [2.05, 4.69) is 25.3 Å². The van der Waals surface area contributed by atoms with E-state index in [-0.39, 0.29) is 12.3 Å². The van der Waals surface area contributed by atoms with Crippen LogP contribution in [0.4, 0.5) is 8.78 Å². The zero-order valence-corrected chi connectivity index (χ0v) is 15.0. The van der Waals surface area contributed by atoms with Crippen LogP contribution in [0.15, 0.2) is 47.7 Å². The monoisotopic (exact) mass is 362 g/mol. The number of aromatic nitrogens is 1. The highest BCUT2D eigenvalue weighted by Gasteiger charge is 2.09. The van der Waals surface area contributed by atoms with Gasteiger partial charge in [-0.1, -0.05) is 18.2 Å². The van der Waals surface area contributed by atoms with Crippen molar-refractivity contribution in [3.8, 4) is 5.75 Å². The van der Waals surface area contributed by atoms with Gasteiger partial charge in [0.2, 0.25) is 0 Å². The molecule has 1 heterocycles. The summed E-state index contributed by atoms with van der Waals surface area (Å²) in [4.78, 5) is 8.55. The van der Waals surface area contributed by atoms with Crippen molar-refractivity contribution in [3.63, 3.8) is 0 Å². The summed E-state index contributed by atoms with van der Waals surface area (Å²) in [6.45, 7) is 2.79. The number of alkyl halides is 2. The number of guanidine groups is 1. The molecule has 2 aromatic rings. The molecule has 7 heteroatoms. The minimum atomic E-state index is -2.85. The summed E-state index contributed by atoms with van der Waals surface area (Å²) in [5, 5.41) is 6.41. The van der Waals surface area contributed by atoms with Gasteiger partial charge in [0.1, 0.15) is 5.75 Å². The lowest BCUT2D eigenvalue weighted by atomic mass is 10.1. The maximum atomic E-state index is 12.5. The molecule has 0 radical (unpaired) electrons. The lowest BCUT2D eigenvalue weighted by Crippen LogP contribution is -2.38. The molecule has 0 aliphatic carbocycles. The number of nitrogens with zero attached hydrogens (tertiary/aromatic N) is 2. The zero-order chi connectivity index (χ0) is 18.8. The summed E-state index contributed by atoms with van der Waals surface area (Å²) >= 11 is 0. The van der Waals surface area contributed by atoms with Gasteiger partial charge in [0.05, 0.1) is 6.54 Å². The minimum Gasteiger partial charge on any atom is -0.434 e. The molecule has 0 fully saturated rings. The third-order valence-electron chi connectivity index (χ3n) is 3.76. The first-order chi connectivity index (χ1) is 12.6. The van der Waals surface area contributed by atoms with E-state index in [4.69, 9.17) is 0 Å². The van der Waals surface area contributed by atoms with Crippen molar-refractivity contribution < 1.29 is 13.5 Å². The summed E-state index contributed by atoms with van der Waals surface area (Å²) in [6.07, 6.45) is 4.46. The van der Waals surface area contributed by atoms with Crippen molar-refractivity contribution >= 4 is 5.96 Å². The standard InChI is InChI=1S/C19H24F2N4O/c1-3-23-19(24-11-9-15-8-10-22-12-14(15)2)25-13-16-6-4-5-7-17(16)26-18(20)21/h4-8,10,12,18H,3,9,11,13H2,1-2H3,(H2,23,24,25). The molecule has 0 spiro atoms. The SMILES string of the molecule is CCNC(=NCc1ccccc1OC(F)F)NCCc1ccncc1C. The predicted molar refractivity (Wildman–Crippen MR) is 98.6 cm³/mol. The fourth-order valence-electron chi connectivity index (χ4n) is 2.45. The van der Waals surface area contributed by atoms with Gasteiger partial charge in [-0.05, 0) is 43.5 Å². The Labute approximate surface area is 152 Å². The summed E-state index contributed by atoms with van der Waals surface area (Å²) in [6, 6.07) is 8.68. The Morgan fingerprint density at radius 2 is 2.00 bits per heavy atom. The van der Waals surface area contributed by atoms with Crippen molar-refractivity contribution in [2.24, 2.45) is 4.99 Å². The van der Waals surface area contributed by atoms with Crippen LogP contribution in [0, 0.1) is 6.92 Å². The normalized spacial score (nSPS) is 11.5. The number of para-hydroxylation sites is 1. The molecule has 2 N–H and O–H groups in total. The molecular formula is C19H24F2N4O. The van der Waals surface area contributed by atoms with E-state index in [1.54, 1.807) is 24.4 Å². The van der Waals surface area contributed by atoms with Crippen LogP contribution in [0.2, 0.25) is 0 Å². The molecule has 5 nitrogen and oxygen atoms in total. The van der Waals surface area contributed by atoms with Crippen molar-refractivity contribution in [2.45, 2.75) is 33.4 Å². The van der Waals surface area contributed by atoms with Crippen molar-refractivity contribution in [1.29, 1.82) is 0 Å². The first kappa shape index (κ1) is 19.6. The fourth-order valence-corrected chi connectivity index (χ4v) is 2.45. The quantitative estimate of drug-likeness (QED) is 0.559. The molecule has 0 aliphatic rings. The number of hydrogen-bond acceptors (Lipinski definition) is 3. The average molecular weight is 362 g/mol. The van der Waals surface area contributed by atoms with Crippen LogP contribution in [-0.4, -0.2) is 30.6 Å². The van der Waals surface area contributed by atoms with Gasteiger partial charge in [-0.15, -0.1) is 0 Å². The second kappa shape index (κ2) is 10.3. The molecule has 0 unspecified atom stereocenters. The predicted octanol–water partition coefficient (Wildman–Crippen LogP) is 3.29. The number of aliphatic imine (C=N–C) groups is 1. The molecule has 1 aromatic carbocycles. The Hall–Kier alpha value is -2.70. The van der Waals surface area contributed by atoms with E-state index in [9.17, 15) is 8.78 Å². The lowest BCUT2D eigenvalue weighted by Gasteiger charge is -2.13. The number of ether oxygens (including phenoxy) is 1. The second-order valence-corrected chi connectivity index (χ2v) is 5.66. The van der Waals surface area contributed by atoms with Crippen LogP contribution >= 0.6 is 0 Å². The molecule has 1 aromatic heterocycles. The van der Waals surface area contributed by atoms with E-state index in [0.29, 0.717) is 24.6 Å². The van der Waals surface area contributed by atoms with Gasteiger partial charge in [0.15, 0.2) is 5.96 Å². The molecular weight excluding hydrogens is 338 g/mol. The molecule has 26 heavy (non-hydrogen) atoms. The number of aryl methyl sites for hydroxylation is 1. The molecule has 2 rings (SSSR count). The van der Waals surface area contributed by atoms with E-state index in [1.165, 1.54) is 11.6 Å². The number of benzene rings is 1. The largest absolute Gasteiger partial charge is 0.434 e. The Morgan fingerprint density at radius 3 is 2.73 bits per heavy atom. The van der Waals surface area contributed by atoms with Crippen LogP contribution in [0.25, 0.3) is 0 Å². The second-order valence-electron chi connectivity index (χ2n) is 5.66. The summed E-state index contributed by atoms with van der Waals surface area (Å²) in [5.74, 6) is 0.778. The Morgan fingerprint density at radius 1 is 1.19 bits per heavy atom. The zero-order valence-electron chi connectivity index (χ0n) is 15.0. The molecule has 0 bridgehead atoms. The van der Waals surface area contributed by atoms with E-state index in [0.717, 1.165) is 12.0 Å². The smallest absolute Gasteiger partial charge is 0.387 e. The highest BCUT2D eigenvalue weighted by atomic mass is 19.3. The van der Waals surface area contributed by atoms with Crippen molar-refractivity contribution in [2.75, 3.05) is 13.1 Å². The molecule has 0 atom stereocenters. The maximum absolute atomic E-state index is 12.5. The van der Waals surface area contributed by atoms with E-state index >= 15 is 0 Å². The van der Waals surface area contributed by atoms with Gasteiger partial charge in [-0.2, -0.15) is 8.78 Å². The lowest BCUT2D eigenvalue weighted by molar-refractivity contribution is -0.0504. The van der Waals surface area contributed by atoms with Gasteiger partial charge in [-0.3, -0.25) is 4.98 Å². The molecule has 0 aliphatic heterocycles. The number of hydrogen-bond donors (Lipinski definition) is 2. The summed E-state index contributed by atoms with van der Waals surface area (Å²) < 4.78 is 29.5. The Kier molecular flexibility index (Phi) is 7.79. The fraction of sp³-hybridized carbons (Fsp3) is 0.368. The Bertz CT molecular complexity index is 722. The van der Waals surface area contributed by atoms with Gasteiger partial charge in [0, 0.05) is 31.0 Å². The Balaban J connectivity index is 1.97.